The zero-order valence-electron chi connectivity index (χ0n) is 54.9. The zero-order chi connectivity index (χ0) is 67.3. The molecule has 2 aromatic rings. The van der Waals surface area contributed by atoms with Crippen LogP contribution in [-0.4, -0.2) is 177 Å². The van der Waals surface area contributed by atoms with E-state index in [2.05, 4.69) is 65.7 Å². The van der Waals surface area contributed by atoms with Crippen LogP contribution in [0.2, 0.25) is 103 Å². The zero-order valence-corrected chi connectivity index (χ0v) is 63.9. The standard InChI is InChI=1S/C42H66O15Si6.C16H32O6Si3.8CH4/c1-13-39(43)47-27-31-51-61(11,52-32-28-48-40(44)14-2)35-58(5,6)55-60(9,10)57-63(37-23-19-17-20-24-37,38-25-21-18-22-26-38)56-59(7,8)36-62(12,53-33-29-49-41(45)15-3)54-34-30-50-42(46)16-4;1-13(2)15(17)19-11-23(5,6)21-25(9,10)22-24(7,8)12-20-16(18)14(3)4;;;;;;;;/h13-26H,1-4,27-36H2,5-12H3;1,3,11-12H2,2,4-10H3;8*1H4. The fraction of sp³-hybridized carbons (Fsp3) is 0.545. The lowest BCUT2D eigenvalue weighted by atomic mass is 10.4. The number of hydrogen-bond donors (Lipinski definition) is 0. The lowest BCUT2D eigenvalue weighted by Gasteiger charge is -2.46. The number of carbonyl (C=O) groups is 6. The molecule has 0 heterocycles. The van der Waals surface area contributed by atoms with Gasteiger partial charge in [0.1, 0.15) is 38.9 Å². The number of benzene rings is 2. The normalized spacial score (nSPS) is 11.4. The van der Waals surface area contributed by atoms with Crippen LogP contribution in [0.4, 0.5) is 0 Å². The van der Waals surface area contributed by atoms with Crippen molar-refractivity contribution in [1.82, 2.24) is 0 Å². The van der Waals surface area contributed by atoms with Crippen LogP contribution >= 0.6 is 0 Å². The molecule has 0 aliphatic rings. The maximum absolute atomic E-state index is 11.8. The Bertz CT molecular complexity index is 2510. The Hall–Kier alpha value is -4.71. The molecule has 30 heteroatoms. The Kier molecular flexibility index (Phi) is 55.6. The molecule has 96 heavy (non-hydrogen) atoms. The van der Waals surface area contributed by atoms with Crippen LogP contribution in [0.5, 0.6) is 0 Å². The van der Waals surface area contributed by atoms with Crippen molar-refractivity contribution in [2.45, 2.75) is 176 Å². The van der Waals surface area contributed by atoms with E-state index < -0.39 is 112 Å². The van der Waals surface area contributed by atoms with E-state index in [-0.39, 0.29) is 125 Å². The minimum atomic E-state index is -3.67. The van der Waals surface area contributed by atoms with Gasteiger partial charge in [-0.3, -0.25) is 0 Å². The summed E-state index contributed by atoms with van der Waals surface area (Å²) in [6.45, 7) is 52.4. The summed E-state index contributed by atoms with van der Waals surface area (Å²) in [4.78, 5) is 70.1. The molecule has 0 spiro atoms. The third-order valence-corrected chi connectivity index (χ3v) is 49.7. The van der Waals surface area contributed by atoms with E-state index in [9.17, 15) is 28.8 Å². The van der Waals surface area contributed by atoms with E-state index in [0.29, 0.717) is 22.5 Å². The Balaban J connectivity index is -0.000000334. The maximum atomic E-state index is 11.8. The van der Waals surface area contributed by atoms with Gasteiger partial charge in [-0.25, -0.2) is 28.8 Å². The van der Waals surface area contributed by atoms with Crippen molar-refractivity contribution in [2.75, 3.05) is 65.3 Å². The third-order valence-electron chi connectivity index (χ3n) is 11.6. The van der Waals surface area contributed by atoms with Crippen molar-refractivity contribution in [2.24, 2.45) is 0 Å². The highest BCUT2D eigenvalue weighted by molar-refractivity contribution is 7.04. The Morgan fingerprint density at radius 1 is 0.344 bits per heavy atom. The molecule has 0 N–H and O–H groups in total. The number of rotatable bonds is 42. The first-order valence-electron chi connectivity index (χ1n) is 28.6. The molecule has 21 nitrogen and oxygen atoms in total. The van der Waals surface area contributed by atoms with Crippen LogP contribution in [0.1, 0.15) is 73.3 Å². The van der Waals surface area contributed by atoms with Gasteiger partial charge in [0.05, 0.1) is 26.4 Å². The van der Waals surface area contributed by atoms with Gasteiger partial charge in [-0.1, -0.05) is 160 Å². The van der Waals surface area contributed by atoms with Crippen molar-refractivity contribution < 1.29 is 95.5 Å². The van der Waals surface area contributed by atoms with E-state index in [4.69, 9.17) is 66.7 Å². The lowest BCUT2D eigenvalue weighted by Crippen LogP contribution is -2.72. The quantitative estimate of drug-likeness (QED) is 0.0197. The van der Waals surface area contributed by atoms with Crippen LogP contribution in [-0.2, 0) is 95.5 Å². The first-order valence-corrected chi connectivity index (χ1v) is 53.6. The topological polar surface area (TPSA) is 241 Å². The molecule has 0 amide bonds. The molecule has 0 fully saturated rings. The number of esters is 6. The molecule has 0 bridgehead atoms. The second-order valence-electron chi connectivity index (χ2n) is 23.9. The summed E-state index contributed by atoms with van der Waals surface area (Å²) in [5, 5.41) is 1.76. The van der Waals surface area contributed by atoms with Crippen LogP contribution in [0, 0.1) is 0 Å². The summed E-state index contributed by atoms with van der Waals surface area (Å²) in [6, 6.07) is 19.8. The smallest absolute Gasteiger partial charge is 0.388 e. The van der Waals surface area contributed by atoms with E-state index >= 15 is 0 Å². The molecular formula is C66H130O21Si9. The predicted molar refractivity (Wildman–Crippen MR) is 415 cm³/mol. The molecule has 0 saturated carbocycles. The van der Waals surface area contributed by atoms with E-state index in [1.807, 2.05) is 126 Å². The molecule has 556 valence electrons. The largest absolute Gasteiger partial charge is 0.463 e. The Morgan fingerprint density at radius 2 is 0.583 bits per heavy atom. The van der Waals surface area contributed by atoms with Crippen LogP contribution in [0.25, 0.3) is 0 Å². The molecule has 0 atom stereocenters. The minimum absolute atomic E-state index is 0. The molecule has 0 aliphatic carbocycles. The minimum Gasteiger partial charge on any atom is -0.463 e. The van der Waals surface area contributed by atoms with Gasteiger partial charge in [-0.2, -0.15) is 0 Å². The summed E-state index contributed by atoms with van der Waals surface area (Å²) in [7, 11) is -25.7. The fourth-order valence-electron chi connectivity index (χ4n) is 9.04. The second kappa shape index (κ2) is 49.8. The second-order valence-corrected chi connectivity index (χ2v) is 59.2. The summed E-state index contributed by atoms with van der Waals surface area (Å²) in [6.07, 6.45) is 4.82. The van der Waals surface area contributed by atoms with Crippen molar-refractivity contribution in [1.29, 1.82) is 0 Å². The molecule has 2 aromatic carbocycles. The third kappa shape index (κ3) is 44.3. The average Bonchev–Trinajstić information content (AvgIpc) is 0.754. The number of hydrogen-bond acceptors (Lipinski definition) is 21. The maximum Gasteiger partial charge on any atom is 0.388 e. The Morgan fingerprint density at radius 3 is 0.833 bits per heavy atom. The van der Waals surface area contributed by atoms with Gasteiger partial charge in [0.15, 0.2) is 16.6 Å². The molecule has 0 radical (unpaired) electrons. The first-order chi connectivity index (χ1) is 40.6. The number of carbonyl (C=O) groups excluding carboxylic acids is 6. The van der Waals surface area contributed by atoms with Crippen LogP contribution in [0.3, 0.4) is 0 Å². The number of ether oxygens (including phenoxy) is 6. The summed E-state index contributed by atoms with van der Waals surface area (Å²) in [5.41, 5.74) is 1.62. The highest BCUT2D eigenvalue weighted by Crippen LogP contribution is 2.32. The van der Waals surface area contributed by atoms with E-state index in [1.54, 1.807) is 13.8 Å². The van der Waals surface area contributed by atoms with Gasteiger partial charge < -0.3 is 66.7 Å². The SMILES string of the molecule is C.C.C.C.C.C.C.C.C=C(C)C(=O)OC[Si](C)(C)O[Si](C)(C)O[Si](C)(C)COC(=O)C(=C)C.C=CC(=O)OCCO[Si](C)(C[Si](C)(C)O[Si](C)(C)O[Si](O[Si](C)(C)C[Si](C)(OCCOC(=O)C=C)OCCOC(=O)C=C)(c1ccccc1)c1ccccc1)OCCOC(=O)C=C. The van der Waals surface area contributed by atoms with Crippen molar-refractivity contribution in [3.8, 4) is 0 Å². The van der Waals surface area contributed by atoms with Crippen molar-refractivity contribution >= 4 is 122 Å². The van der Waals surface area contributed by atoms with E-state index in [0.717, 1.165) is 34.7 Å². The van der Waals surface area contributed by atoms with Gasteiger partial charge >= 0.3 is 78.6 Å². The summed E-state index contributed by atoms with van der Waals surface area (Å²) >= 11 is 0. The Labute approximate surface area is 591 Å². The molecule has 0 aliphatic heterocycles. The fourth-order valence-corrected chi connectivity index (χ4v) is 55.5. The van der Waals surface area contributed by atoms with Gasteiger partial charge in [-0.05, 0) is 116 Å². The van der Waals surface area contributed by atoms with Crippen molar-refractivity contribution in [3.63, 3.8) is 0 Å². The summed E-state index contributed by atoms with van der Waals surface area (Å²) in [5.74, 6) is -3.09. The van der Waals surface area contributed by atoms with E-state index in [1.165, 1.54) is 0 Å². The summed E-state index contributed by atoms with van der Waals surface area (Å²) < 4.78 is 91.7. The van der Waals surface area contributed by atoms with Gasteiger partial charge in [0.2, 0.25) is 16.6 Å². The monoisotopic (exact) mass is 1510 g/mol. The average molecular weight is 1510 g/mol. The highest BCUT2D eigenvalue weighted by Gasteiger charge is 2.55. The van der Waals surface area contributed by atoms with Crippen LogP contribution in [0.15, 0.2) is 136 Å². The first kappa shape index (κ1) is 107. The van der Waals surface area contributed by atoms with Gasteiger partial charge in [0.25, 0.3) is 0 Å². The van der Waals surface area contributed by atoms with Crippen molar-refractivity contribution in [3.05, 3.63) is 136 Å². The van der Waals surface area contributed by atoms with Crippen LogP contribution < -0.4 is 10.4 Å². The molecular weight excluding hydrogens is 1380 g/mol. The van der Waals surface area contributed by atoms with Gasteiger partial charge in [0, 0.05) is 46.8 Å². The lowest BCUT2D eigenvalue weighted by molar-refractivity contribution is -0.140. The predicted octanol–water partition coefficient (Wildman–Crippen LogP) is 14.1. The highest BCUT2D eigenvalue weighted by atomic mass is 28.5. The van der Waals surface area contributed by atoms with Gasteiger partial charge in [-0.15, -0.1) is 0 Å². The molecule has 0 aromatic heterocycles. The molecule has 0 unspecified atom stereocenters. The molecule has 0 saturated heterocycles. The molecule has 2 rings (SSSR count).